The molecule has 0 aromatic heterocycles. The molecule has 1 aliphatic rings. The second-order valence-corrected chi connectivity index (χ2v) is 5.77. The molecule has 22 heavy (non-hydrogen) atoms. The fourth-order valence-corrected chi connectivity index (χ4v) is 2.71. The van der Waals surface area contributed by atoms with Gasteiger partial charge in [0.05, 0.1) is 12.6 Å². The predicted octanol–water partition coefficient (Wildman–Crippen LogP) is 1.18. The van der Waals surface area contributed by atoms with Crippen LogP contribution in [0, 0.1) is 0 Å². The molecular formula is C17H24N2O3. The highest BCUT2D eigenvalue weighted by atomic mass is 16.3. The highest BCUT2D eigenvalue weighted by molar-refractivity contribution is 5.96. The summed E-state index contributed by atoms with van der Waals surface area (Å²) in [6, 6.07) is 5.72. The molecule has 1 aromatic carbocycles. The average Bonchev–Trinajstić information content (AvgIpc) is 2.98. The normalized spacial score (nSPS) is 14.3. The number of fused-ring (bicyclic) bond motifs is 1. The van der Waals surface area contributed by atoms with Crippen LogP contribution in [-0.4, -0.2) is 36.1 Å². The van der Waals surface area contributed by atoms with Gasteiger partial charge in [-0.1, -0.05) is 19.4 Å². The summed E-state index contributed by atoms with van der Waals surface area (Å²) in [5.74, 6) is -0.524. The molecule has 0 radical (unpaired) electrons. The predicted molar refractivity (Wildman–Crippen MR) is 84.7 cm³/mol. The van der Waals surface area contributed by atoms with Crippen molar-refractivity contribution >= 4 is 11.8 Å². The summed E-state index contributed by atoms with van der Waals surface area (Å²) in [6.07, 6.45) is 4.24. The van der Waals surface area contributed by atoms with Gasteiger partial charge in [-0.15, -0.1) is 0 Å². The Bertz CT molecular complexity index is 543. The van der Waals surface area contributed by atoms with Crippen LogP contribution >= 0.6 is 0 Å². The van der Waals surface area contributed by atoms with Gasteiger partial charge in [0.15, 0.2) is 0 Å². The summed E-state index contributed by atoms with van der Waals surface area (Å²) in [6.45, 7) is 2.12. The molecule has 120 valence electrons. The molecule has 0 bridgehead atoms. The van der Waals surface area contributed by atoms with Crippen molar-refractivity contribution in [2.24, 2.45) is 0 Å². The van der Waals surface area contributed by atoms with Crippen molar-refractivity contribution in [1.82, 2.24) is 10.6 Å². The first-order valence-electron chi connectivity index (χ1n) is 7.95. The average molecular weight is 304 g/mol. The van der Waals surface area contributed by atoms with E-state index in [4.69, 9.17) is 0 Å². The van der Waals surface area contributed by atoms with Gasteiger partial charge in [-0.3, -0.25) is 9.59 Å². The summed E-state index contributed by atoms with van der Waals surface area (Å²) in [4.78, 5) is 23.7. The van der Waals surface area contributed by atoms with Crippen molar-refractivity contribution in [2.75, 3.05) is 13.1 Å². The Balaban J connectivity index is 1.76. The Morgan fingerprint density at radius 1 is 1.23 bits per heavy atom. The highest BCUT2D eigenvalue weighted by Gasteiger charge is 2.14. The number of aliphatic hydroxyl groups excluding tert-OH is 1. The van der Waals surface area contributed by atoms with Gasteiger partial charge in [-0.2, -0.15) is 0 Å². The lowest BCUT2D eigenvalue weighted by Crippen LogP contribution is -2.40. The molecule has 0 saturated heterocycles. The first kappa shape index (κ1) is 16.5. The first-order valence-corrected chi connectivity index (χ1v) is 7.95. The zero-order valence-electron chi connectivity index (χ0n) is 13.0. The second kappa shape index (κ2) is 7.94. The van der Waals surface area contributed by atoms with E-state index in [2.05, 4.69) is 10.6 Å². The number of benzene rings is 1. The molecule has 5 heteroatoms. The maximum absolute atomic E-state index is 12.0. The molecule has 1 atom stereocenters. The largest absolute Gasteiger partial charge is 0.391 e. The van der Waals surface area contributed by atoms with E-state index in [1.54, 1.807) is 0 Å². The van der Waals surface area contributed by atoms with E-state index in [1.165, 1.54) is 11.1 Å². The fraction of sp³-hybridized carbons (Fsp3) is 0.529. The SMILES string of the molecule is CCCC(O)CNC(=O)CNC(=O)c1ccc2c(c1)CCC2. The van der Waals surface area contributed by atoms with Gasteiger partial charge in [0.25, 0.3) is 5.91 Å². The van der Waals surface area contributed by atoms with Crippen molar-refractivity contribution in [3.05, 3.63) is 34.9 Å². The van der Waals surface area contributed by atoms with Crippen LogP contribution in [0.25, 0.3) is 0 Å². The van der Waals surface area contributed by atoms with Gasteiger partial charge in [-0.25, -0.2) is 0 Å². The Hall–Kier alpha value is -1.88. The smallest absolute Gasteiger partial charge is 0.251 e. The van der Waals surface area contributed by atoms with E-state index in [1.807, 2.05) is 25.1 Å². The molecule has 0 heterocycles. The van der Waals surface area contributed by atoms with Crippen LogP contribution in [0.3, 0.4) is 0 Å². The third-order valence-electron chi connectivity index (χ3n) is 3.93. The molecule has 0 aliphatic heterocycles. The van der Waals surface area contributed by atoms with E-state index >= 15 is 0 Å². The molecule has 2 rings (SSSR count). The first-order chi connectivity index (χ1) is 10.6. The Morgan fingerprint density at radius 2 is 2.00 bits per heavy atom. The van der Waals surface area contributed by atoms with Crippen LogP contribution in [-0.2, 0) is 17.6 Å². The molecule has 1 unspecified atom stereocenters. The molecular weight excluding hydrogens is 280 g/mol. The van der Waals surface area contributed by atoms with Crippen LogP contribution in [0.5, 0.6) is 0 Å². The highest BCUT2D eigenvalue weighted by Crippen LogP contribution is 2.22. The number of aryl methyl sites for hydroxylation is 2. The molecule has 0 saturated carbocycles. The Morgan fingerprint density at radius 3 is 2.77 bits per heavy atom. The minimum atomic E-state index is -0.527. The lowest BCUT2D eigenvalue weighted by Gasteiger charge is -2.11. The number of hydrogen-bond acceptors (Lipinski definition) is 3. The van der Waals surface area contributed by atoms with Crippen LogP contribution in [0.15, 0.2) is 18.2 Å². The molecule has 5 nitrogen and oxygen atoms in total. The van der Waals surface area contributed by atoms with Crippen LogP contribution in [0.2, 0.25) is 0 Å². The quantitative estimate of drug-likeness (QED) is 0.708. The Labute approximate surface area is 131 Å². The summed E-state index contributed by atoms with van der Waals surface area (Å²) in [7, 11) is 0. The number of carbonyl (C=O) groups excluding carboxylic acids is 2. The van der Waals surface area contributed by atoms with Crippen LogP contribution in [0.1, 0.15) is 47.7 Å². The second-order valence-electron chi connectivity index (χ2n) is 5.77. The van der Waals surface area contributed by atoms with Crippen molar-refractivity contribution in [2.45, 2.75) is 45.1 Å². The van der Waals surface area contributed by atoms with Crippen molar-refractivity contribution in [1.29, 1.82) is 0 Å². The minimum Gasteiger partial charge on any atom is -0.391 e. The van der Waals surface area contributed by atoms with E-state index < -0.39 is 6.10 Å². The van der Waals surface area contributed by atoms with E-state index in [0.717, 1.165) is 25.7 Å². The third-order valence-corrected chi connectivity index (χ3v) is 3.93. The topological polar surface area (TPSA) is 78.4 Å². The fourth-order valence-electron chi connectivity index (χ4n) is 2.71. The van der Waals surface area contributed by atoms with Gasteiger partial charge < -0.3 is 15.7 Å². The van der Waals surface area contributed by atoms with E-state index in [9.17, 15) is 14.7 Å². The van der Waals surface area contributed by atoms with Crippen molar-refractivity contribution < 1.29 is 14.7 Å². The summed E-state index contributed by atoms with van der Waals surface area (Å²) < 4.78 is 0. The maximum Gasteiger partial charge on any atom is 0.251 e. The van der Waals surface area contributed by atoms with E-state index in [0.29, 0.717) is 12.0 Å². The van der Waals surface area contributed by atoms with Crippen molar-refractivity contribution in [3.63, 3.8) is 0 Å². The van der Waals surface area contributed by atoms with Gasteiger partial charge in [0.2, 0.25) is 5.91 Å². The monoisotopic (exact) mass is 304 g/mol. The van der Waals surface area contributed by atoms with Gasteiger partial charge in [-0.05, 0) is 48.9 Å². The number of aliphatic hydroxyl groups is 1. The number of carbonyl (C=O) groups is 2. The lowest BCUT2D eigenvalue weighted by molar-refractivity contribution is -0.120. The maximum atomic E-state index is 12.0. The number of rotatable bonds is 7. The summed E-state index contributed by atoms with van der Waals surface area (Å²) in [5, 5.41) is 14.8. The number of nitrogens with one attached hydrogen (secondary N) is 2. The minimum absolute atomic E-state index is 0.0746. The summed E-state index contributed by atoms with van der Waals surface area (Å²) in [5.41, 5.74) is 3.15. The zero-order valence-corrected chi connectivity index (χ0v) is 13.0. The molecule has 1 aliphatic carbocycles. The molecule has 0 fully saturated rings. The van der Waals surface area contributed by atoms with Gasteiger partial charge in [0.1, 0.15) is 0 Å². The molecule has 2 amide bonds. The lowest BCUT2D eigenvalue weighted by atomic mass is 10.1. The number of hydrogen-bond donors (Lipinski definition) is 3. The standard InChI is InChI=1S/C17H24N2O3/c1-2-4-15(20)10-18-16(21)11-19-17(22)14-8-7-12-5-3-6-13(12)9-14/h7-9,15,20H,2-6,10-11H2,1H3,(H,18,21)(H,19,22). The number of amides is 2. The van der Waals surface area contributed by atoms with Crippen LogP contribution < -0.4 is 10.6 Å². The summed E-state index contributed by atoms with van der Waals surface area (Å²) >= 11 is 0. The van der Waals surface area contributed by atoms with Crippen LogP contribution in [0.4, 0.5) is 0 Å². The zero-order chi connectivity index (χ0) is 15.9. The van der Waals surface area contributed by atoms with E-state index in [-0.39, 0.29) is 24.9 Å². The molecule has 0 spiro atoms. The third kappa shape index (κ3) is 4.56. The van der Waals surface area contributed by atoms with Gasteiger partial charge in [0, 0.05) is 12.1 Å². The Kier molecular flexibility index (Phi) is 5.95. The van der Waals surface area contributed by atoms with Crippen molar-refractivity contribution in [3.8, 4) is 0 Å². The molecule has 3 N–H and O–H groups in total. The molecule has 1 aromatic rings. The van der Waals surface area contributed by atoms with Gasteiger partial charge >= 0.3 is 0 Å².